The molecule has 0 N–H and O–H groups in total. The number of piperazine rings is 1. The van der Waals surface area contributed by atoms with E-state index < -0.39 is 5.69 Å². The van der Waals surface area contributed by atoms with Crippen LogP contribution in [0, 0.1) is 13.8 Å². The van der Waals surface area contributed by atoms with Crippen LogP contribution in [0.3, 0.4) is 0 Å². The van der Waals surface area contributed by atoms with E-state index in [0.717, 1.165) is 17.7 Å². The molecule has 1 aliphatic heterocycles. The molecule has 0 atom stereocenters. The summed E-state index contributed by atoms with van der Waals surface area (Å²) in [6.07, 6.45) is 1.70. The van der Waals surface area contributed by atoms with Crippen molar-refractivity contribution < 1.29 is 4.79 Å². The zero-order valence-electron chi connectivity index (χ0n) is 17.9. The average Bonchev–Trinajstić information content (AvgIpc) is 3.16. The predicted molar refractivity (Wildman–Crippen MR) is 117 cm³/mol. The van der Waals surface area contributed by atoms with Gasteiger partial charge in [0, 0.05) is 52.2 Å². The minimum Gasteiger partial charge on any atom is -0.368 e. The third-order valence-corrected chi connectivity index (χ3v) is 6.22. The molecule has 1 amide bonds. The lowest BCUT2D eigenvalue weighted by Gasteiger charge is -2.37. The molecule has 0 spiro atoms. The van der Waals surface area contributed by atoms with Gasteiger partial charge in [-0.05, 0) is 37.1 Å². The van der Waals surface area contributed by atoms with Crippen molar-refractivity contribution in [1.82, 2.24) is 18.6 Å². The number of aryl methyl sites for hydroxylation is 2. The normalized spacial score (nSPS) is 14.5. The number of fused-ring (bicyclic) bond motifs is 1. The first-order chi connectivity index (χ1) is 14.3. The van der Waals surface area contributed by atoms with E-state index in [1.54, 1.807) is 23.9 Å². The summed E-state index contributed by atoms with van der Waals surface area (Å²) in [6, 6.07) is 7.98. The average molecular weight is 409 g/mol. The molecule has 1 fully saturated rings. The fourth-order valence-electron chi connectivity index (χ4n) is 4.24. The number of rotatable bonds is 3. The Hall–Kier alpha value is -3.29. The molecular weight excluding hydrogens is 382 g/mol. The summed E-state index contributed by atoms with van der Waals surface area (Å²) in [5, 5.41) is 0.437. The Labute approximate surface area is 174 Å². The molecular formula is C22H27N5O3. The number of amides is 1. The smallest absolute Gasteiger partial charge is 0.332 e. The monoisotopic (exact) mass is 409 g/mol. The zero-order valence-corrected chi connectivity index (χ0v) is 17.9. The summed E-state index contributed by atoms with van der Waals surface area (Å²) in [4.78, 5) is 41.7. The number of aromatic nitrogens is 3. The highest BCUT2D eigenvalue weighted by molar-refractivity contribution is 5.81. The maximum atomic E-state index is 12.9. The molecule has 8 nitrogen and oxygen atoms in total. The van der Waals surface area contributed by atoms with Crippen molar-refractivity contribution >= 4 is 22.6 Å². The third-order valence-electron chi connectivity index (χ3n) is 6.22. The maximum Gasteiger partial charge on any atom is 0.332 e. The highest BCUT2D eigenvalue weighted by Gasteiger charge is 2.23. The van der Waals surface area contributed by atoms with Gasteiger partial charge in [0.05, 0.1) is 5.39 Å². The van der Waals surface area contributed by atoms with Crippen LogP contribution in [0.25, 0.3) is 11.0 Å². The first kappa shape index (κ1) is 20.0. The van der Waals surface area contributed by atoms with Crippen LogP contribution in [0.5, 0.6) is 0 Å². The molecule has 3 aromatic rings. The highest BCUT2D eigenvalue weighted by atomic mass is 16.2. The molecule has 0 unspecified atom stereocenters. The quantitative estimate of drug-likeness (QED) is 0.647. The first-order valence-electron chi connectivity index (χ1n) is 10.1. The van der Waals surface area contributed by atoms with Gasteiger partial charge >= 0.3 is 5.69 Å². The molecule has 1 aromatic carbocycles. The van der Waals surface area contributed by atoms with Crippen molar-refractivity contribution in [2.45, 2.75) is 20.4 Å². The highest BCUT2D eigenvalue weighted by Crippen LogP contribution is 2.24. The molecule has 4 rings (SSSR count). The zero-order chi connectivity index (χ0) is 21.6. The Bertz CT molecular complexity index is 1240. The molecule has 1 saturated heterocycles. The van der Waals surface area contributed by atoms with Gasteiger partial charge in [-0.2, -0.15) is 0 Å². The Kier molecular flexibility index (Phi) is 5.01. The Morgan fingerprint density at radius 2 is 1.67 bits per heavy atom. The van der Waals surface area contributed by atoms with Crippen molar-refractivity contribution in [2.75, 3.05) is 31.1 Å². The van der Waals surface area contributed by atoms with Gasteiger partial charge in [-0.15, -0.1) is 0 Å². The molecule has 1 aliphatic rings. The van der Waals surface area contributed by atoms with E-state index in [9.17, 15) is 14.4 Å². The van der Waals surface area contributed by atoms with E-state index in [2.05, 4.69) is 36.9 Å². The topological polar surface area (TPSA) is 72.5 Å². The summed E-state index contributed by atoms with van der Waals surface area (Å²) in [7, 11) is 3.08. The van der Waals surface area contributed by atoms with Crippen LogP contribution in [0.4, 0.5) is 5.69 Å². The summed E-state index contributed by atoms with van der Waals surface area (Å²) in [5.74, 6) is -0.0127. The van der Waals surface area contributed by atoms with Crippen LogP contribution in [0.15, 0.2) is 40.1 Å². The fourth-order valence-corrected chi connectivity index (χ4v) is 4.24. The Morgan fingerprint density at radius 1 is 0.967 bits per heavy atom. The van der Waals surface area contributed by atoms with Gasteiger partial charge in [-0.3, -0.25) is 18.7 Å². The number of carbonyl (C=O) groups excluding carboxylic acids is 1. The summed E-state index contributed by atoms with van der Waals surface area (Å²) in [6.45, 7) is 7.20. The van der Waals surface area contributed by atoms with Crippen molar-refractivity contribution in [2.24, 2.45) is 14.1 Å². The van der Waals surface area contributed by atoms with Gasteiger partial charge in [0.15, 0.2) is 0 Å². The number of carbonyl (C=O) groups is 1. The minimum absolute atomic E-state index is 0.0127. The Morgan fingerprint density at radius 3 is 2.37 bits per heavy atom. The van der Waals surface area contributed by atoms with Crippen LogP contribution >= 0.6 is 0 Å². The number of anilines is 1. The van der Waals surface area contributed by atoms with Crippen LogP contribution in [-0.4, -0.2) is 50.7 Å². The molecule has 158 valence electrons. The lowest BCUT2D eigenvalue weighted by Crippen LogP contribution is -2.49. The van der Waals surface area contributed by atoms with Crippen molar-refractivity contribution in [1.29, 1.82) is 0 Å². The number of benzene rings is 1. The second-order valence-corrected chi connectivity index (χ2v) is 7.97. The third kappa shape index (κ3) is 3.22. The largest absolute Gasteiger partial charge is 0.368 e. The molecule has 3 heterocycles. The van der Waals surface area contributed by atoms with Gasteiger partial charge in [-0.1, -0.05) is 12.1 Å². The van der Waals surface area contributed by atoms with E-state index >= 15 is 0 Å². The van der Waals surface area contributed by atoms with Gasteiger partial charge in [-0.25, -0.2) is 4.79 Å². The van der Waals surface area contributed by atoms with E-state index in [4.69, 9.17) is 0 Å². The van der Waals surface area contributed by atoms with Gasteiger partial charge < -0.3 is 14.4 Å². The van der Waals surface area contributed by atoms with E-state index in [1.165, 1.54) is 28.4 Å². The van der Waals surface area contributed by atoms with Crippen LogP contribution in [-0.2, 0) is 25.4 Å². The van der Waals surface area contributed by atoms with Crippen molar-refractivity contribution in [3.8, 4) is 0 Å². The second kappa shape index (κ2) is 7.51. The van der Waals surface area contributed by atoms with Crippen molar-refractivity contribution in [3.05, 3.63) is 62.4 Å². The standard InChI is InChI=1S/C22H27N5O3/c1-15-6-5-7-18(16(15)2)25-10-12-26(13-11-25)19(28)14-27-9-8-17-20(27)23(3)22(30)24(4)21(17)29/h5-9H,10-14H2,1-4H3. The number of hydrogen-bond acceptors (Lipinski definition) is 4. The SMILES string of the molecule is Cc1cccc(N2CCN(C(=O)Cn3ccc4c(=O)n(C)c(=O)n(C)c43)CC2)c1C. The summed E-state index contributed by atoms with van der Waals surface area (Å²) < 4.78 is 4.20. The van der Waals surface area contributed by atoms with Crippen molar-refractivity contribution in [3.63, 3.8) is 0 Å². The van der Waals surface area contributed by atoms with E-state index in [1.807, 2.05) is 4.90 Å². The minimum atomic E-state index is -0.401. The lowest BCUT2D eigenvalue weighted by atomic mass is 10.1. The molecule has 0 radical (unpaired) electrons. The molecule has 30 heavy (non-hydrogen) atoms. The molecule has 2 aromatic heterocycles. The van der Waals surface area contributed by atoms with E-state index in [-0.39, 0.29) is 18.0 Å². The lowest BCUT2D eigenvalue weighted by molar-refractivity contribution is -0.132. The summed E-state index contributed by atoms with van der Waals surface area (Å²) >= 11 is 0. The molecule has 0 aliphatic carbocycles. The van der Waals surface area contributed by atoms with E-state index in [0.29, 0.717) is 24.1 Å². The maximum absolute atomic E-state index is 12.9. The Balaban J connectivity index is 1.50. The predicted octanol–water partition coefficient (Wildman–Crippen LogP) is 1.00. The second-order valence-electron chi connectivity index (χ2n) is 7.97. The van der Waals surface area contributed by atoms with Gasteiger partial charge in [0.1, 0.15) is 12.2 Å². The first-order valence-corrected chi connectivity index (χ1v) is 10.1. The number of nitrogens with zero attached hydrogens (tertiary/aromatic N) is 5. The van der Waals surface area contributed by atoms with Crippen LogP contribution < -0.4 is 16.1 Å². The van der Waals surface area contributed by atoms with Gasteiger partial charge in [0.25, 0.3) is 5.56 Å². The van der Waals surface area contributed by atoms with Crippen LogP contribution in [0.1, 0.15) is 11.1 Å². The fraction of sp³-hybridized carbons (Fsp3) is 0.409. The van der Waals surface area contributed by atoms with Gasteiger partial charge in [0.2, 0.25) is 5.91 Å². The molecule has 8 heteroatoms. The molecule has 0 bridgehead atoms. The summed E-state index contributed by atoms with van der Waals surface area (Å²) in [5.41, 5.74) is 3.50. The van der Waals surface area contributed by atoms with Crippen LogP contribution in [0.2, 0.25) is 0 Å². The number of hydrogen-bond donors (Lipinski definition) is 0. The molecule has 0 saturated carbocycles.